The fraction of sp³-hybridized carbons (Fsp3) is 0.222. The molecule has 1 aromatic rings. The lowest BCUT2D eigenvalue weighted by molar-refractivity contribution is 0.141. The molecule has 2 N–H and O–H groups in total. The average molecular weight is 229 g/mol. The van der Waals surface area contributed by atoms with Crippen LogP contribution in [0.15, 0.2) is 30.3 Å². The maximum atomic E-state index is 10.9. The lowest BCUT2D eigenvalue weighted by atomic mass is 10.2. The molecule has 0 radical (unpaired) electrons. The first-order valence-corrected chi connectivity index (χ1v) is 5.48. The van der Waals surface area contributed by atoms with Gasteiger partial charge < -0.3 is 14.6 Å². The average Bonchev–Trinajstić information content (AvgIpc) is 2.25. The van der Waals surface area contributed by atoms with Gasteiger partial charge in [0.05, 0.1) is 0 Å². The lowest BCUT2D eigenvalue weighted by Crippen LogP contribution is -2.27. The van der Waals surface area contributed by atoms with Crippen LogP contribution in [0.4, 0.5) is 4.79 Å². The van der Waals surface area contributed by atoms with Crippen molar-refractivity contribution in [1.29, 1.82) is 0 Å². The van der Waals surface area contributed by atoms with Crippen molar-refractivity contribution in [2.75, 3.05) is 5.88 Å². The highest BCUT2D eigenvalue weighted by Gasteiger charge is 2.02. The SMILES string of the molecule is O=C(NCS(=O)O)OCc1ccccc1. The van der Waals surface area contributed by atoms with Crippen LogP contribution in [-0.4, -0.2) is 20.7 Å². The van der Waals surface area contributed by atoms with Gasteiger partial charge in [-0.15, -0.1) is 0 Å². The molecule has 5 nitrogen and oxygen atoms in total. The van der Waals surface area contributed by atoms with Crippen LogP contribution >= 0.6 is 0 Å². The summed E-state index contributed by atoms with van der Waals surface area (Å²) in [7, 11) is 0. The number of nitrogens with one attached hydrogen (secondary N) is 1. The summed E-state index contributed by atoms with van der Waals surface area (Å²) in [5.74, 6) is -0.326. The van der Waals surface area contributed by atoms with Gasteiger partial charge in [0.1, 0.15) is 12.5 Å². The van der Waals surface area contributed by atoms with Crippen molar-refractivity contribution < 1.29 is 18.3 Å². The normalized spacial score (nSPS) is 11.8. The van der Waals surface area contributed by atoms with E-state index in [1.54, 1.807) is 0 Å². The van der Waals surface area contributed by atoms with E-state index in [4.69, 9.17) is 9.29 Å². The fourth-order valence-corrected chi connectivity index (χ4v) is 1.14. The Morgan fingerprint density at radius 1 is 1.40 bits per heavy atom. The second kappa shape index (κ2) is 6.15. The van der Waals surface area contributed by atoms with E-state index in [0.717, 1.165) is 5.56 Å². The van der Waals surface area contributed by atoms with E-state index < -0.39 is 17.2 Å². The van der Waals surface area contributed by atoms with E-state index in [9.17, 15) is 9.00 Å². The summed E-state index contributed by atoms with van der Waals surface area (Å²) in [5.41, 5.74) is 0.859. The minimum Gasteiger partial charge on any atom is -0.445 e. The molecule has 1 aromatic carbocycles. The Bertz CT molecular complexity index is 341. The number of rotatable bonds is 4. The second-order valence-electron chi connectivity index (χ2n) is 2.70. The van der Waals surface area contributed by atoms with Crippen molar-refractivity contribution in [2.24, 2.45) is 0 Å². The molecule has 0 aliphatic carbocycles. The molecule has 1 amide bonds. The number of hydrogen-bond donors (Lipinski definition) is 2. The van der Waals surface area contributed by atoms with Crippen LogP contribution in [0.2, 0.25) is 0 Å². The van der Waals surface area contributed by atoms with E-state index in [0.29, 0.717) is 0 Å². The van der Waals surface area contributed by atoms with Crippen molar-refractivity contribution >= 4 is 17.2 Å². The molecular formula is C9H11NO4S. The van der Waals surface area contributed by atoms with Crippen molar-refractivity contribution in [3.05, 3.63) is 35.9 Å². The highest BCUT2D eigenvalue weighted by molar-refractivity contribution is 7.79. The molecule has 82 valence electrons. The summed E-state index contributed by atoms with van der Waals surface area (Å²) >= 11 is -2.05. The van der Waals surface area contributed by atoms with Crippen LogP contribution < -0.4 is 5.32 Å². The van der Waals surface area contributed by atoms with Crippen LogP contribution in [-0.2, 0) is 22.4 Å². The number of ether oxygens (including phenoxy) is 1. The predicted octanol–water partition coefficient (Wildman–Crippen LogP) is 1.09. The highest BCUT2D eigenvalue weighted by atomic mass is 32.2. The molecule has 1 unspecified atom stereocenters. The minimum atomic E-state index is -2.05. The van der Waals surface area contributed by atoms with Gasteiger partial charge in [-0.25, -0.2) is 9.00 Å². The summed E-state index contributed by atoms with van der Waals surface area (Å²) in [6, 6.07) is 9.16. The van der Waals surface area contributed by atoms with Gasteiger partial charge in [0.2, 0.25) is 0 Å². The molecule has 6 heteroatoms. The van der Waals surface area contributed by atoms with Crippen molar-refractivity contribution in [3.63, 3.8) is 0 Å². The smallest absolute Gasteiger partial charge is 0.408 e. The molecule has 0 saturated carbocycles. The Labute approximate surface area is 89.7 Å². The zero-order chi connectivity index (χ0) is 11.1. The molecule has 0 saturated heterocycles. The molecule has 0 bridgehead atoms. The summed E-state index contributed by atoms with van der Waals surface area (Å²) < 4.78 is 23.4. The van der Waals surface area contributed by atoms with E-state index in [2.05, 4.69) is 5.32 Å². The highest BCUT2D eigenvalue weighted by Crippen LogP contribution is 2.00. The Kier molecular flexibility index (Phi) is 4.79. The molecule has 0 fully saturated rings. The van der Waals surface area contributed by atoms with Crippen LogP contribution in [0.3, 0.4) is 0 Å². The summed E-state index contributed by atoms with van der Waals surface area (Å²) in [4.78, 5) is 10.9. The quantitative estimate of drug-likeness (QED) is 0.758. The zero-order valence-corrected chi connectivity index (χ0v) is 8.70. The third-order valence-electron chi connectivity index (χ3n) is 1.55. The topological polar surface area (TPSA) is 75.6 Å². The number of carbonyl (C=O) groups is 1. The Morgan fingerprint density at radius 2 is 2.07 bits per heavy atom. The zero-order valence-electron chi connectivity index (χ0n) is 7.88. The van der Waals surface area contributed by atoms with Gasteiger partial charge in [-0.2, -0.15) is 0 Å². The van der Waals surface area contributed by atoms with Crippen LogP contribution in [0.1, 0.15) is 5.56 Å². The third-order valence-corrected chi connectivity index (χ3v) is 1.94. The minimum absolute atomic E-state index is 0.144. The molecular weight excluding hydrogens is 218 g/mol. The van der Waals surface area contributed by atoms with E-state index >= 15 is 0 Å². The van der Waals surface area contributed by atoms with Crippen LogP contribution in [0, 0.1) is 0 Å². The summed E-state index contributed by atoms with van der Waals surface area (Å²) in [6.45, 7) is 0.144. The van der Waals surface area contributed by atoms with Gasteiger partial charge in [-0.3, -0.25) is 0 Å². The third kappa shape index (κ3) is 5.14. The van der Waals surface area contributed by atoms with Gasteiger partial charge in [0.25, 0.3) is 0 Å². The Morgan fingerprint density at radius 3 is 2.67 bits per heavy atom. The summed E-state index contributed by atoms with van der Waals surface area (Å²) in [5, 5.41) is 2.14. The summed E-state index contributed by atoms with van der Waals surface area (Å²) in [6.07, 6.45) is -0.707. The molecule has 15 heavy (non-hydrogen) atoms. The molecule has 1 atom stereocenters. The van der Waals surface area contributed by atoms with E-state index in [1.807, 2.05) is 30.3 Å². The van der Waals surface area contributed by atoms with Gasteiger partial charge in [0.15, 0.2) is 11.1 Å². The van der Waals surface area contributed by atoms with Crippen LogP contribution in [0.5, 0.6) is 0 Å². The molecule has 0 spiro atoms. The number of carbonyl (C=O) groups excluding carboxylic acids is 1. The van der Waals surface area contributed by atoms with Gasteiger partial charge in [0, 0.05) is 0 Å². The van der Waals surface area contributed by atoms with Gasteiger partial charge in [-0.05, 0) is 5.56 Å². The van der Waals surface area contributed by atoms with Gasteiger partial charge in [-0.1, -0.05) is 30.3 Å². The van der Waals surface area contributed by atoms with Crippen molar-refractivity contribution in [3.8, 4) is 0 Å². The Balaban J connectivity index is 2.26. The standard InChI is InChI=1S/C9H11NO4S/c11-9(10-7-15(12)13)14-6-8-4-2-1-3-5-8/h1-5H,6-7H2,(H,10,11)(H,12,13). The van der Waals surface area contributed by atoms with E-state index in [1.165, 1.54) is 0 Å². The Hall–Kier alpha value is -1.40. The largest absolute Gasteiger partial charge is 0.445 e. The fourth-order valence-electron chi connectivity index (χ4n) is 0.895. The first kappa shape index (κ1) is 11.7. The van der Waals surface area contributed by atoms with Crippen LogP contribution in [0.25, 0.3) is 0 Å². The molecule has 0 aliphatic heterocycles. The van der Waals surface area contributed by atoms with E-state index in [-0.39, 0.29) is 12.5 Å². The molecule has 1 rings (SSSR count). The molecule has 0 heterocycles. The number of amides is 1. The van der Waals surface area contributed by atoms with Crippen molar-refractivity contribution in [1.82, 2.24) is 5.32 Å². The molecule has 0 aliphatic rings. The second-order valence-corrected chi connectivity index (χ2v) is 3.64. The number of benzene rings is 1. The first-order valence-electron chi connectivity index (χ1n) is 4.20. The maximum Gasteiger partial charge on any atom is 0.408 e. The first-order chi connectivity index (χ1) is 7.18. The monoisotopic (exact) mass is 229 g/mol. The number of alkyl carbamates (subject to hydrolysis) is 1. The van der Waals surface area contributed by atoms with Crippen molar-refractivity contribution in [2.45, 2.75) is 6.61 Å². The number of hydrogen-bond acceptors (Lipinski definition) is 3. The predicted molar refractivity (Wildman–Crippen MR) is 55.4 cm³/mol. The maximum absolute atomic E-state index is 10.9. The molecule has 0 aromatic heterocycles. The van der Waals surface area contributed by atoms with Gasteiger partial charge >= 0.3 is 6.09 Å². The lowest BCUT2D eigenvalue weighted by Gasteiger charge is -2.04.